The van der Waals surface area contributed by atoms with E-state index in [-0.39, 0.29) is 0 Å². The molecule has 27 heavy (non-hydrogen) atoms. The first kappa shape index (κ1) is 28.9. The van der Waals surface area contributed by atoms with Crippen molar-refractivity contribution in [1.82, 2.24) is 0 Å². The second-order valence-electron chi connectivity index (χ2n) is 8.55. The summed E-state index contributed by atoms with van der Waals surface area (Å²) in [6, 6.07) is 0. The Morgan fingerprint density at radius 3 is 1.41 bits per heavy atom. The molecule has 0 aromatic heterocycles. The molecule has 0 aromatic carbocycles. The van der Waals surface area contributed by atoms with E-state index >= 15 is 0 Å². The normalized spacial score (nSPS) is 11.7. The van der Waals surface area contributed by atoms with Gasteiger partial charge in [0.2, 0.25) is 0 Å². The van der Waals surface area contributed by atoms with Crippen molar-refractivity contribution in [3.63, 3.8) is 0 Å². The van der Waals surface area contributed by atoms with Gasteiger partial charge in [0.05, 0.1) is 0 Å². The molecule has 0 saturated heterocycles. The number of hydrogen-bond donors (Lipinski definition) is 0. The van der Waals surface area contributed by atoms with Crippen LogP contribution in [-0.2, 0) is 0 Å². The van der Waals surface area contributed by atoms with E-state index < -0.39 is 0 Å². The molecule has 0 radical (unpaired) electrons. The molecule has 0 amide bonds. The summed E-state index contributed by atoms with van der Waals surface area (Å²) in [4.78, 5) is 0. The van der Waals surface area contributed by atoms with Crippen LogP contribution < -0.4 is 0 Å². The number of hydrogen-bond acceptors (Lipinski definition) is 0. The van der Waals surface area contributed by atoms with Gasteiger partial charge in [-0.15, -0.1) is 0 Å². The molecule has 0 spiro atoms. The van der Waals surface area contributed by atoms with Crippen molar-refractivity contribution in [3.8, 4) is 0 Å². The van der Waals surface area contributed by atoms with Gasteiger partial charge in [-0.25, -0.2) is 0 Å². The summed E-state index contributed by atoms with van der Waals surface area (Å²) < 4.78 is 0. The van der Waals surface area contributed by atoms with Crippen LogP contribution in [0, 0.1) is 5.92 Å². The average Bonchev–Trinajstić information content (AvgIpc) is 2.67. The molecule has 0 fully saturated rings. The highest BCUT2D eigenvalue weighted by molar-refractivity contribution is 4.95. The third kappa shape index (κ3) is 25.7. The number of allylic oxidation sites excluding steroid dienone is 1. The van der Waals surface area contributed by atoms with Crippen molar-refractivity contribution in [3.05, 3.63) is 12.2 Å². The fraction of sp³-hybridized carbons (Fsp3) is 0.926. The molecule has 0 heteroatoms. The predicted molar refractivity (Wildman–Crippen MR) is 129 cm³/mol. The Hall–Kier alpha value is -0.260. The zero-order valence-electron chi connectivity index (χ0n) is 20.2. The van der Waals surface area contributed by atoms with Gasteiger partial charge in [-0.1, -0.05) is 150 Å². The van der Waals surface area contributed by atoms with Crippen LogP contribution >= 0.6 is 0 Å². The molecule has 0 nitrogen and oxygen atoms in total. The van der Waals surface area contributed by atoms with Crippen LogP contribution in [0.3, 0.4) is 0 Å². The summed E-state index contributed by atoms with van der Waals surface area (Å²) in [6.45, 7) is 15.4. The molecule has 0 rings (SSSR count). The van der Waals surface area contributed by atoms with Crippen LogP contribution in [0.2, 0.25) is 0 Å². The predicted octanol–water partition coefficient (Wildman–Crippen LogP) is 10.7. The van der Waals surface area contributed by atoms with Crippen LogP contribution in [-0.4, -0.2) is 0 Å². The van der Waals surface area contributed by atoms with Crippen molar-refractivity contribution in [2.45, 2.75) is 157 Å². The van der Waals surface area contributed by atoms with Crippen LogP contribution in [0.25, 0.3) is 0 Å². The molecule has 0 saturated carbocycles. The molecular weight excluding hydrogens is 324 g/mol. The van der Waals surface area contributed by atoms with E-state index in [1.165, 1.54) is 128 Å². The molecule has 0 aliphatic rings. The Labute approximate surface area is 175 Å². The summed E-state index contributed by atoms with van der Waals surface area (Å²) in [6.07, 6.45) is 26.8. The lowest BCUT2D eigenvalue weighted by Crippen LogP contribution is -1.97. The van der Waals surface area contributed by atoms with E-state index in [0.29, 0.717) is 0 Å². The Morgan fingerprint density at radius 2 is 0.963 bits per heavy atom. The second kappa shape index (κ2) is 25.7. The van der Waals surface area contributed by atoms with E-state index in [4.69, 9.17) is 0 Å². The van der Waals surface area contributed by atoms with Gasteiger partial charge in [0.1, 0.15) is 0 Å². The highest BCUT2D eigenvalue weighted by Crippen LogP contribution is 2.22. The topological polar surface area (TPSA) is 0 Å². The maximum atomic E-state index is 4.34. The Bertz CT molecular complexity index is 265. The van der Waals surface area contributed by atoms with Gasteiger partial charge in [0.25, 0.3) is 0 Å². The lowest BCUT2D eigenvalue weighted by Gasteiger charge is -2.13. The Kier molecular flexibility index (Phi) is 27.6. The summed E-state index contributed by atoms with van der Waals surface area (Å²) >= 11 is 0. The smallest absolute Gasteiger partial charge is 0.0297 e. The van der Waals surface area contributed by atoms with E-state index in [9.17, 15) is 0 Å². The van der Waals surface area contributed by atoms with Gasteiger partial charge < -0.3 is 0 Å². The molecule has 0 aliphatic heterocycles. The first-order valence-electron chi connectivity index (χ1n) is 12.9. The summed E-state index contributed by atoms with van der Waals surface area (Å²) in [7, 11) is 0. The molecule has 1 atom stereocenters. The average molecular weight is 381 g/mol. The third-order valence-corrected chi connectivity index (χ3v) is 5.57. The van der Waals surface area contributed by atoms with Crippen LogP contribution in [0.1, 0.15) is 157 Å². The van der Waals surface area contributed by atoms with Crippen molar-refractivity contribution in [2.75, 3.05) is 0 Å². The molecule has 1 unspecified atom stereocenters. The van der Waals surface area contributed by atoms with Gasteiger partial charge in [-0.05, 0) is 25.2 Å². The largest absolute Gasteiger partial charge is 0.0999 e. The maximum absolute atomic E-state index is 4.34. The first-order chi connectivity index (χ1) is 13.2. The minimum Gasteiger partial charge on any atom is -0.0999 e. The van der Waals surface area contributed by atoms with Gasteiger partial charge in [0, 0.05) is 0 Å². The van der Waals surface area contributed by atoms with Crippen molar-refractivity contribution in [1.29, 1.82) is 0 Å². The SMILES string of the molecule is C=C(CCCCCCCCCC)CC(C)CCCCCCCCCC.CC. The Balaban J connectivity index is 0. The van der Waals surface area contributed by atoms with Crippen LogP contribution in [0.4, 0.5) is 0 Å². The van der Waals surface area contributed by atoms with E-state index in [0.717, 1.165) is 5.92 Å². The molecule has 0 aliphatic carbocycles. The van der Waals surface area contributed by atoms with Gasteiger partial charge >= 0.3 is 0 Å². The van der Waals surface area contributed by atoms with Crippen molar-refractivity contribution >= 4 is 0 Å². The zero-order chi connectivity index (χ0) is 20.6. The van der Waals surface area contributed by atoms with Crippen molar-refractivity contribution in [2.24, 2.45) is 5.92 Å². The fourth-order valence-electron chi connectivity index (χ4n) is 3.83. The zero-order valence-corrected chi connectivity index (χ0v) is 20.2. The quantitative estimate of drug-likeness (QED) is 0.145. The maximum Gasteiger partial charge on any atom is -0.0297 e. The lowest BCUT2D eigenvalue weighted by molar-refractivity contribution is 0.470. The van der Waals surface area contributed by atoms with Gasteiger partial charge in [-0.2, -0.15) is 0 Å². The Morgan fingerprint density at radius 1 is 0.593 bits per heavy atom. The number of unbranched alkanes of at least 4 members (excludes halogenated alkanes) is 14. The molecule has 0 aromatic rings. The molecular formula is C27H56. The van der Waals surface area contributed by atoms with Crippen LogP contribution in [0.15, 0.2) is 12.2 Å². The standard InChI is InChI=1S/C25H50.C2H6/c1-5-7-9-11-13-15-17-19-21-24(3)23-25(4)22-20-18-16-14-12-10-8-6-2;1-2/h25H,3,5-23H2,1-2,4H3;1-2H3. The van der Waals surface area contributed by atoms with E-state index in [2.05, 4.69) is 27.4 Å². The second-order valence-corrected chi connectivity index (χ2v) is 8.55. The highest BCUT2D eigenvalue weighted by Gasteiger charge is 2.05. The van der Waals surface area contributed by atoms with E-state index in [1.54, 1.807) is 0 Å². The minimum absolute atomic E-state index is 0.849. The molecule has 164 valence electrons. The minimum atomic E-state index is 0.849. The van der Waals surface area contributed by atoms with Crippen LogP contribution in [0.5, 0.6) is 0 Å². The van der Waals surface area contributed by atoms with E-state index in [1.807, 2.05) is 13.8 Å². The molecule has 0 heterocycles. The highest BCUT2D eigenvalue weighted by atomic mass is 14.1. The summed E-state index contributed by atoms with van der Waals surface area (Å²) in [5.41, 5.74) is 1.51. The monoisotopic (exact) mass is 380 g/mol. The van der Waals surface area contributed by atoms with Gasteiger partial charge in [0.15, 0.2) is 0 Å². The summed E-state index contributed by atoms with van der Waals surface area (Å²) in [5, 5.41) is 0. The fourth-order valence-corrected chi connectivity index (χ4v) is 3.83. The molecule has 0 N–H and O–H groups in total. The third-order valence-electron chi connectivity index (χ3n) is 5.57. The molecule has 0 bridgehead atoms. The number of rotatable bonds is 20. The van der Waals surface area contributed by atoms with Gasteiger partial charge in [-0.3, -0.25) is 0 Å². The first-order valence-corrected chi connectivity index (χ1v) is 12.9. The lowest BCUT2D eigenvalue weighted by atomic mass is 9.93. The summed E-state index contributed by atoms with van der Waals surface area (Å²) in [5.74, 6) is 0.849. The van der Waals surface area contributed by atoms with Crippen molar-refractivity contribution < 1.29 is 0 Å².